The molecule has 7 nitrogen and oxygen atoms in total. The van der Waals surface area contributed by atoms with Crippen molar-refractivity contribution in [2.45, 2.75) is 0 Å². The lowest BCUT2D eigenvalue weighted by Gasteiger charge is -2.11. The number of para-hydroxylation sites is 1. The van der Waals surface area contributed by atoms with E-state index in [0.29, 0.717) is 29.1 Å². The zero-order valence-corrected chi connectivity index (χ0v) is 28.3. The molecule has 248 valence electrons. The second-order valence-electron chi connectivity index (χ2n) is 12.7. The van der Waals surface area contributed by atoms with Gasteiger partial charge in [0.25, 0.3) is 0 Å². The first-order chi connectivity index (χ1) is 26.2. The zero-order chi connectivity index (χ0) is 35.1. The van der Waals surface area contributed by atoms with Crippen molar-refractivity contribution in [1.29, 1.82) is 0 Å². The van der Waals surface area contributed by atoms with Crippen LogP contribution in [-0.4, -0.2) is 29.9 Å². The Kier molecular flexibility index (Phi) is 7.32. The Morgan fingerprint density at radius 2 is 0.925 bits per heavy atom. The van der Waals surface area contributed by atoms with Gasteiger partial charge in [0, 0.05) is 44.0 Å². The molecule has 4 aromatic heterocycles. The molecule has 0 radical (unpaired) electrons. The highest BCUT2D eigenvalue weighted by atomic mass is 16.3. The van der Waals surface area contributed by atoms with Crippen LogP contribution < -0.4 is 0 Å². The highest BCUT2D eigenvalue weighted by Gasteiger charge is 2.18. The lowest BCUT2D eigenvalue weighted by Crippen LogP contribution is -2.01. The van der Waals surface area contributed by atoms with E-state index in [0.717, 1.165) is 72.0 Å². The van der Waals surface area contributed by atoms with Crippen LogP contribution in [0.3, 0.4) is 0 Å². The minimum absolute atomic E-state index is 0.512. The maximum atomic E-state index is 6.27. The van der Waals surface area contributed by atoms with E-state index in [2.05, 4.69) is 36.4 Å². The molecule has 0 fully saturated rings. The summed E-state index contributed by atoms with van der Waals surface area (Å²) in [4.78, 5) is 29.8. The molecule has 0 spiro atoms. The molecule has 0 saturated heterocycles. The average molecular weight is 681 g/mol. The van der Waals surface area contributed by atoms with E-state index < -0.39 is 0 Å². The fourth-order valence-electron chi connectivity index (χ4n) is 6.79. The summed E-state index contributed by atoms with van der Waals surface area (Å²) in [5, 5.41) is 3.07. The van der Waals surface area contributed by atoms with E-state index in [4.69, 9.17) is 34.3 Å². The van der Waals surface area contributed by atoms with Crippen LogP contribution in [-0.2, 0) is 0 Å². The number of fused-ring (bicyclic) bond motifs is 5. The van der Waals surface area contributed by atoms with Crippen molar-refractivity contribution >= 4 is 32.8 Å². The largest absolute Gasteiger partial charge is 0.436 e. The number of aromatic nitrogens is 6. The predicted octanol–water partition coefficient (Wildman–Crippen LogP) is 11.1. The van der Waals surface area contributed by atoms with Gasteiger partial charge in [-0.1, -0.05) is 127 Å². The van der Waals surface area contributed by atoms with Gasteiger partial charge in [0.1, 0.15) is 11.2 Å². The van der Waals surface area contributed by atoms with Crippen LogP contribution in [0.1, 0.15) is 0 Å². The van der Waals surface area contributed by atoms with Crippen molar-refractivity contribution in [3.8, 4) is 68.3 Å². The van der Waals surface area contributed by atoms with Gasteiger partial charge in [-0.15, -0.1) is 0 Å². The quantitative estimate of drug-likeness (QED) is 0.161. The molecule has 0 aliphatic heterocycles. The van der Waals surface area contributed by atoms with Crippen LogP contribution in [0.25, 0.3) is 101 Å². The van der Waals surface area contributed by atoms with Gasteiger partial charge in [-0.05, 0) is 42.5 Å². The summed E-state index contributed by atoms with van der Waals surface area (Å²) in [6.07, 6.45) is 0. The fraction of sp³-hybridized carbons (Fsp3) is 0. The highest BCUT2D eigenvalue weighted by Crippen LogP contribution is 2.38. The number of hydrogen-bond acceptors (Lipinski definition) is 7. The fourth-order valence-corrected chi connectivity index (χ4v) is 6.79. The van der Waals surface area contributed by atoms with Crippen LogP contribution in [0, 0.1) is 0 Å². The Hall–Kier alpha value is -7.38. The molecule has 0 aliphatic carbocycles. The summed E-state index contributed by atoms with van der Waals surface area (Å²) >= 11 is 0. The van der Waals surface area contributed by atoms with Crippen LogP contribution in [0.15, 0.2) is 174 Å². The lowest BCUT2D eigenvalue weighted by molar-refractivity contribution is 0.620. The summed E-state index contributed by atoms with van der Waals surface area (Å²) in [5.41, 5.74) is 9.53. The maximum Gasteiger partial charge on any atom is 0.227 e. The van der Waals surface area contributed by atoms with Crippen LogP contribution >= 0.6 is 0 Å². The minimum atomic E-state index is 0.512. The summed E-state index contributed by atoms with van der Waals surface area (Å²) in [6, 6.07) is 56.5. The molecular weight excluding hydrogens is 653 g/mol. The van der Waals surface area contributed by atoms with Gasteiger partial charge < -0.3 is 4.42 Å². The van der Waals surface area contributed by atoms with E-state index in [-0.39, 0.29) is 0 Å². The minimum Gasteiger partial charge on any atom is -0.436 e. The average Bonchev–Trinajstić information content (AvgIpc) is 3.69. The third kappa shape index (κ3) is 5.57. The molecule has 0 N–H and O–H groups in total. The highest BCUT2D eigenvalue weighted by molar-refractivity contribution is 6.20. The van der Waals surface area contributed by atoms with Gasteiger partial charge in [0.2, 0.25) is 5.89 Å². The first-order valence-electron chi connectivity index (χ1n) is 17.4. The van der Waals surface area contributed by atoms with Crippen molar-refractivity contribution in [1.82, 2.24) is 29.9 Å². The van der Waals surface area contributed by atoms with Crippen molar-refractivity contribution in [2.24, 2.45) is 0 Å². The third-order valence-electron chi connectivity index (χ3n) is 9.37. The molecular formula is C46H28N6O. The zero-order valence-electron chi connectivity index (χ0n) is 28.3. The van der Waals surface area contributed by atoms with Gasteiger partial charge >= 0.3 is 0 Å². The molecule has 0 saturated carbocycles. The number of oxazole rings is 1. The molecule has 0 bridgehead atoms. The Balaban J connectivity index is 1.05. The monoisotopic (exact) mass is 680 g/mol. The second-order valence-corrected chi connectivity index (χ2v) is 12.7. The molecule has 6 aromatic carbocycles. The number of pyridine rings is 2. The van der Waals surface area contributed by atoms with Crippen LogP contribution in [0.4, 0.5) is 0 Å². The Morgan fingerprint density at radius 3 is 1.62 bits per heavy atom. The summed E-state index contributed by atoms with van der Waals surface area (Å²) in [6.45, 7) is 0. The third-order valence-corrected chi connectivity index (χ3v) is 9.37. The molecule has 53 heavy (non-hydrogen) atoms. The van der Waals surface area contributed by atoms with Crippen molar-refractivity contribution in [3.05, 3.63) is 170 Å². The molecule has 4 heterocycles. The van der Waals surface area contributed by atoms with E-state index in [1.54, 1.807) is 0 Å². The Bertz CT molecular complexity index is 2870. The van der Waals surface area contributed by atoms with Crippen molar-refractivity contribution in [3.63, 3.8) is 0 Å². The van der Waals surface area contributed by atoms with Gasteiger partial charge in [-0.25, -0.2) is 29.9 Å². The molecule has 10 rings (SSSR count). The molecule has 0 unspecified atom stereocenters. The lowest BCUT2D eigenvalue weighted by atomic mass is 9.98. The first-order valence-corrected chi connectivity index (χ1v) is 17.4. The SMILES string of the molecule is c1ccc(-c2nc(-c3ccccc3)nc(-c3cccc(-c4ccc(-c5nc6ccccc6c6c5ccc5oc(-c7ccccc7)nc56)cc4)n3)n2)cc1. The Labute approximate surface area is 304 Å². The number of benzene rings is 6. The first kappa shape index (κ1) is 30.4. The van der Waals surface area contributed by atoms with E-state index in [9.17, 15) is 0 Å². The summed E-state index contributed by atoms with van der Waals surface area (Å²) < 4.78 is 6.27. The van der Waals surface area contributed by atoms with E-state index in [1.165, 1.54) is 0 Å². The molecule has 10 aromatic rings. The van der Waals surface area contributed by atoms with Gasteiger partial charge in [-0.2, -0.15) is 0 Å². The molecule has 0 amide bonds. The van der Waals surface area contributed by atoms with Crippen molar-refractivity contribution < 1.29 is 4.42 Å². The van der Waals surface area contributed by atoms with Gasteiger partial charge in [0.15, 0.2) is 23.1 Å². The number of hydrogen-bond donors (Lipinski definition) is 0. The molecule has 7 heteroatoms. The molecule has 0 aliphatic rings. The van der Waals surface area contributed by atoms with E-state index >= 15 is 0 Å². The second kappa shape index (κ2) is 12.7. The normalized spacial score (nSPS) is 11.4. The summed E-state index contributed by atoms with van der Waals surface area (Å²) in [7, 11) is 0. The number of nitrogens with zero attached hydrogens (tertiary/aromatic N) is 6. The van der Waals surface area contributed by atoms with Crippen LogP contribution in [0.2, 0.25) is 0 Å². The predicted molar refractivity (Wildman–Crippen MR) is 211 cm³/mol. The number of rotatable bonds is 6. The molecule has 0 atom stereocenters. The van der Waals surface area contributed by atoms with Gasteiger partial charge in [-0.3, -0.25) is 0 Å². The standard InChI is InChI=1S/C46H28N6O/c1-4-13-31(14-5-1)43-50-44(32-15-6-2-7-16-32)52-45(51-43)38-22-12-21-36(47-38)29-23-25-30(26-24-29)41-35-27-28-39-42(40(35)34-19-10-11-20-37(34)48-41)49-46(53-39)33-17-8-3-9-18-33/h1-28H. The van der Waals surface area contributed by atoms with Gasteiger partial charge in [0.05, 0.1) is 16.9 Å². The smallest absolute Gasteiger partial charge is 0.227 e. The summed E-state index contributed by atoms with van der Waals surface area (Å²) in [5.74, 6) is 2.30. The maximum absolute atomic E-state index is 6.27. The topological polar surface area (TPSA) is 90.5 Å². The van der Waals surface area contributed by atoms with Crippen molar-refractivity contribution in [2.75, 3.05) is 0 Å². The Morgan fingerprint density at radius 1 is 0.340 bits per heavy atom. The van der Waals surface area contributed by atoms with E-state index in [1.807, 2.05) is 133 Å². The van der Waals surface area contributed by atoms with Crippen LogP contribution in [0.5, 0.6) is 0 Å².